The molecule has 0 saturated carbocycles. The van der Waals surface area contributed by atoms with Crippen molar-refractivity contribution >= 4 is 20.0 Å². The number of benzene rings is 1. The van der Waals surface area contributed by atoms with Crippen molar-refractivity contribution in [3.63, 3.8) is 0 Å². The van der Waals surface area contributed by atoms with Crippen LogP contribution >= 0.6 is 0 Å². The lowest BCUT2D eigenvalue weighted by atomic mass is 9.87. The number of hydrogen-bond donors (Lipinski definition) is 0. The van der Waals surface area contributed by atoms with Gasteiger partial charge in [0.25, 0.3) is 0 Å². The van der Waals surface area contributed by atoms with Gasteiger partial charge < -0.3 is 0 Å². The lowest BCUT2D eigenvalue weighted by molar-refractivity contribution is 0.404. The minimum absolute atomic E-state index is 0.0671. The molecule has 1 aromatic carbocycles. The number of aromatic nitrogens is 2. The molecule has 0 radical (unpaired) electrons. The summed E-state index contributed by atoms with van der Waals surface area (Å²) in [5.41, 5.74) is 2.02. The summed E-state index contributed by atoms with van der Waals surface area (Å²) in [6.45, 7) is 10.4. The van der Waals surface area contributed by atoms with Gasteiger partial charge in [-0.05, 0) is 43.4 Å². The van der Waals surface area contributed by atoms with E-state index in [1.165, 1.54) is 8.61 Å². The fourth-order valence-electron chi connectivity index (χ4n) is 3.88. The van der Waals surface area contributed by atoms with Gasteiger partial charge in [0.1, 0.15) is 4.90 Å². The van der Waals surface area contributed by atoms with Crippen molar-refractivity contribution in [2.24, 2.45) is 7.05 Å². The molecule has 0 amide bonds. The monoisotopic (exact) mass is 468 g/mol. The number of hydrogen-bond acceptors (Lipinski definition) is 5. The van der Waals surface area contributed by atoms with Gasteiger partial charge in [-0.15, -0.1) is 0 Å². The van der Waals surface area contributed by atoms with E-state index in [9.17, 15) is 16.8 Å². The topological polar surface area (TPSA) is 92.6 Å². The summed E-state index contributed by atoms with van der Waals surface area (Å²) in [7, 11) is -5.74. The van der Waals surface area contributed by atoms with Crippen molar-refractivity contribution < 1.29 is 16.8 Å². The van der Waals surface area contributed by atoms with E-state index in [0.29, 0.717) is 17.8 Å². The molecule has 0 aliphatic carbocycles. The van der Waals surface area contributed by atoms with Gasteiger partial charge in [-0.25, -0.2) is 16.8 Å². The van der Waals surface area contributed by atoms with Gasteiger partial charge >= 0.3 is 0 Å². The summed E-state index contributed by atoms with van der Waals surface area (Å²) in [6, 6.07) is 6.96. The van der Waals surface area contributed by atoms with E-state index < -0.39 is 20.0 Å². The lowest BCUT2D eigenvalue weighted by Crippen LogP contribution is -2.37. The molecule has 0 unspecified atom stereocenters. The predicted molar refractivity (Wildman–Crippen MR) is 120 cm³/mol. The van der Waals surface area contributed by atoms with Gasteiger partial charge in [0, 0.05) is 33.2 Å². The maximum atomic E-state index is 13.3. The van der Waals surface area contributed by atoms with E-state index in [4.69, 9.17) is 0 Å². The molecule has 1 fully saturated rings. The fraction of sp³-hybridized carbons (Fsp3) is 0.571. The number of sulfonamides is 2. The van der Waals surface area contributed by atoms with Crippen molar-refractivity contribution in [2.45, 2.75) is 56.2 Å². The van der Waals surface area contributed by atoms with Crippen LogP contribution in [0.15, 0.2) is 34.1 Å². The first-order valence-electron chi connectivity index (χ1n) is 10.4. The smallest absolute Gasteiger partial charge is 0.246 e. The Morgan fingerprint density at radius 3 is 1.81 bits per heavy atom. The molecule has 2 heterocycles. The second-order valence-corrected chi connectivity index (χ2v) is 12.9. The zero-order chi connectivity index (χ0) is 23.2. The molecule has 1 aliphatic rings. The maximum absolute atomic E-state index is 13.3. The molecule has 3 rings (SSSR count). The quantitative estimate of drug-likeness (QED) is 0.687. The summed E-state index contributed by atoms with van der Waals surface area (Å²) < 4.78 is 57.2. The van der Waals surface area contributed by atoms with Crippen LogP contribution in [0.25, 0.3) is 0 Å². The summed E-state index contributed by atoms with van der Waals surface area (Å²) >= 11 is 0. The molecule has 2 aromatic rings. The van der Waals surface area contributed by atoms with Crippen LogP contribution in [-0.4, -0.2) is 61.4 Å². The van der Waals surface area contributed by atoms with Crippen LogP contribution in [0.2, 0.25) is 0 Å². The summed E-state index contributed by atoms with van der Waals surface area (Å²) in [5, 5.41) is 4.22. The molecule has 0 N–H and O–H groups in total. The van der Waals surface area contributed by atoms with Crippen molar-refractivity contribution in [1.82, 2.24) is 18.4 Å². The standard InChI is InChI=1S/C21H32N4O4S2/c1-16-20(17(2)23(6)22-16)31(28,29)25-13-7-12-24(14-15-25)30(26,27)19-10-8-18(9-11-19)21(3,4)5/h8-11H,7,12-15H2,1-6H3. The largest absolute Gasteiger partial charge is 0.271 e. The van der Waals surface area contributed by atoms with Crippen LogP contribution in [0.3, 0.4) is 0 Å². The van der Waals surface area contributed by atoms with Crippen molar-refractivity contribution in [1.29, 1.82) is 0 Å². The summed E-state index contributed by atoms with van der Waals surface area (Å²) in [4.78, 5) is 0.444. The third-order valence-corrected chi connectivity index (χ3v) is 9.88. The molecule has 0 bridgehead atoms. The molecule has 0 atom stereocenters. The normalized spacial score (nSPS) is 17.6. The summed E-state index contributed by atoms with van der Waals surface area (Å²) in [6.07, 6.45) is 0.427. The van der Waals surface area contributed by atoms with Gasteiger partial charge in [0.05, 0.1) is 16.3 Å². The van der Waals surface area contributed by atoms with Gasteiger partial charge in [-0.3, -0.25) is 4.68 Å². The molecule has 31 heavy (non-hydrogen) atoms. The van der Waals surface area contributed by atoms with Crippen LogP contribution in [0.1, 0.15) is 44.1 Å². The minimum Gasteiger partial charge on any atom is -0.271 e. The van der Waals surface area contributed by atoms with E-state index in [0.717, 1.165) is 5.56 Å². The third kappa shape index (κ3) is 4.57. The minimum atomic E-state index is -3.75. The highest BCUT2D eigenvalue weighted by Crippen LogP contribution is 2.27. The highest BCUT2D eigenvalue weighted by atomic mass is 32.2. The Bertz CT molecular complexity index is 1160. The van der Waals surface area contributed by atoms with Crippen molar-refractivity contribution in [3.05, 3.63) is 41.2 Å². The zero-order valence-electron chi connectivity index (χ0n) is 19.1. The van der Waals surface area contributed by atoms with E-state index in [1.54, 1.807) is 37.7 Å². The van der Waals surface area contributed by atoms with Crippen LogP contribution in [0.5, 0.6) is 0 Å². The van der Waals surface area contributed by atoms with Crippen LogP contribution in [0.4, 0.5) is 0 Å². The first-order chi connectivity index (χ1) is 14.3. The molecule has 1 aromatic heterocycles. The predicted octanol–water partition coefficient (Wildman–Crippen LogP) is 2.42. The maximum Gasteiger partial charge on any atom is 0.246 e. The van der Waals surface area contributed by atoms with E-state index >= 15 is 0 Å². The zero-order valence-corrected chi connectivity index (χ0v) is 20.7. The van der Waals surface area contributed by atoms with Gasteiger partial charge in [-0.2, -0.15) is 13.7 Å². The highest BCUT2D eigenvalue weighted by molar-refractivity contribution is 7.89. The molecule has 1 saturated heterocycles. The van der Waals surface area contributed by atoms with E-state index in [1.807, 2.05) is 12.1 Å². The van der Waals surface area contributed by atoms with Crippen molar-refractivity contribution in [3.8, 4) is 0 Å². The Morgan fingerprint density at radius 1 is 0.839 bits per heavy atom. The lowest BCUT2D eigenvalue weighted by Gasteiger charge is -2.23. The molecule has 1 aliphatic heterocycles. The van der Waals surface area contributed by atoms with Gasteiger partial charge in [0.15, 0.2) is 0 Å². The second-order valence-electron chi connectivity index (χ2n) is 9.06. The van der Waals surface area contributed by atoms with Gasteiger partial charge in [0.2, 0.25) is 20.0 Å². The number of rotatable bonds is 4. The second kappa shape index (κ2) is 8.31. The average Bonchev–Trinajstić information content (AvgIpc) is 2.86. The SMILES string of the molecule is Cc1nn(C)c(C)c1S(=O)(=O)N1CCCN(S(=O)(=O)c2ccc(C(C)(C)C)cc2)CC1. The Hall–Kier alpha value is -1.75. The Balaban J connectivity index is 1.82. The van der Waals surface area contributed by atoms with Crippen LogP contribution in [-0.2, 0) is 32.5 Å². The molecule has 172 valence electrons. The molecular weight excluding hydrogens is 436 g/mol. The van der Waals surface area contributed by atoms with Crippen LogP contribution in [0, 0.1) is 13.8 Å². The van der Waals surface area contributed by atoms with Crippen molar-refractivity contribution in [2.75, 3.05) is 26.2 Å². The fourth-order valence-corrected chi connectivity index (χ4v) is 7.22. The molecular formula is C21H32N4O4S2. The van der Waals surface area contributed by atoms with Crippen LogP contribution < -0.4 is 0 Å². The Kier molecular flexibility index (Phi) is 6.41. The van der Waals surface area contributed by atoms with Gasteiger partial charge in [-0.1, -0.05) is 32.9 Å². The van der Waals surface area contributed by atoms with E-state index in [2.05, 4.69) is 25.9 Å². The first kappa shape index (κ1) is 23.9. The first-order valence-corrected chi connectivity index (χ1v) is 13.3. The average molecular weight is 469 g/mol. The third-order valence-electron chi connectivity index (χ3n) is 5.81. The Morgan fingerprint density at radius 2 is 1.35 bits per heavy atom. The number of nitrogens with zero attached hydrogens (tertiary/aromatic N) is 4. The highest BCUT2D eigenvalue weighted by Gasteiger charge is 2.34. The number of aryl methyl sites for hydroxylation is 2. The summed E-state index contributed by atoms with van der Waals surface area (Å²) in [5.74, 6) is 0. The van der Waals surface area contributed by atoms with E-state index in [-0.39, 0.29) is 41.4 Å². The Labute approximate surface area is 186 Å². The molecule has 10 heteroatoms. The molecule has 8 nitrogen and oxygen atoms in total. The molecule has 0 spiro atoms.